The summed E-state index contributed by atoms with van der Waals surface area (Å²) in [6.45, 7) is 6.15. The molecule has 35 heavy (non-hydrogen) atoms. The van der Waals surface area contributed by atoms with Crippen molar-refractivity contribution in [3.63, 3.8) is 0 Å². The molecule has 0 fully saturated rings. The third kappa shape index (κ3) is 9.54. The number of nitrogens with one attached hydrogen (secondary N) is 1. The summed E-state index contributed by atoms with van der Waals surface area (Å²) in [7, 11) is 0. The van der Waals surface area contributed by atoms with Crippen LogP contribution in [0.25, 0.3) is 0 Å². The fraction of sp³-hybridized carbons (Fsp3) is 0.481. The van der Waals surface area contributed by atoms with Crippen molar-refractivity contribution in [2.45, 2.75) is 71.3 Å². The number of halogens is 2. The Hall–Kier alpha value is -3.16. The highest BCUT2D eigenvalue weighted by atomic mass is 19.1. The highest BCUT2D eigenvalue weighted by Crippen LogP contribution is 2.20. The molecule has 0 unspecified atom stereocenters. The number of urea groups is 1. The van der Waals surface area contributed by atoms with Gasteiger partial charge in [0.05, 0.1) is 5.69 Å². The summed E-state index contributed by atoms with van der Waals surface area (Å²) in [4.78, 5) is 25.7. The molecular formula is C27H36F2N2O4. The molecule has 8 heteroatoms. The molecule has 2 rings (SSSR count). The van der Waals surface area contributed by atoms with Gasteiger partial charge in [-0.15, -0.1) is 0 Å². The van der Waals surface area contributed by atoms with E-state index in [4.69, 9.17) is 4.74 Å². The van der Waals surface area contributed by atoms with Crippen molar-refractivity contribution in [3.8, 4) is 5.75 Å². The first-order chi connectivity index (χ1) is 16.6. The molecule has 0 bridgehead atoms. The number of carboxylic acid groups (broad SMARTS) is 1. The zero-order chi connectivity index (χ0) is 25.8. The lowest BCUT2D eigenvalue weighted by Crippen LogP contribution is -2.37. The summed E-state index contributed by atoms with van der Waals surface area (Å²) >= 11 is 0. The average molecular weight is 491 g/mol. The van der Waals surface area contributed by atoms with Gasteiger partial charge in [-0.05, 0) is 62.9 Å². The number of benzene rings is 2. The van der Waals surface area contributed by atoms with E-state index < -0.39 is 29.2 Å². The van der Waals surface area contributed by atoms with Crippen molar-refractivity contribution in [1.29, 1.82) is 0 Å². The van der Waals surface area contributed by atoms with Crippen LogP contribution in [0.3, 0.4) is 0 Å². The minimum Gasteiger partial charge on any atom is -0.478 e. The summed E-state index contributed by atoms with van der Waals surface area (Å²) in [5.41, 5.74) is -0.345. The maximum atomic E-state index is 14.0. The van der Waals surface area contributed by atoms with E-state index in [1.165, 1.54) is 19.9 Å². The molecule has 2 aromatic rings. The molecule has 0 spiro atoms. The van der Waals surface area contributed by atoms with Crippen LogP contribution in [0.15, 0.2) is 42.5 Å². The van der Waals surface area contributed by atoms with Crippen molar-refractivity contribution < 1.29 is 28.2 Å². The molecule has 192 valence electrons. The lowest BCUT2D eigenvalue weighted by molar-refractivity contribution is -0.152. The molecular weight excluding hydrogens is 454 g/mol. The Labute approximate surface area is 206 Å². The van der Waals surface area contributed by atoms with Crippen molar-refractivity contribution >= 4 is 17.7 Å². The fourth-order valence-corrected chi connectivity index (χ4v) is 3.54. The van der Waals surface area contributed by atoms with Gasteiger partial charge in [-0.1, -0.05) is 44.7 Å². The molecule has 6 nitrogen and oxygen atoms in total. The van der Waals surface area contributed by atoms with Crippen molar-refractivity contribution in [1.82, 2.24) is 4.90 Å². The minimum absolute atomic E-state index is 0.0488. The molecule has 0 aliphatic carbocycles. The fourth-order valence-electron chi connectivity index (χ4n) is 3.54. The number of unbranched alkanes of at least 4 members (excludes halogenated alkanes) is 4. The number of anilines is 1. The summed E-state index contributed by atoms with van der Waals surface area (Å²) in [6.07, 6.45) is 6.64. The molecule has 2 aromatic carbocycles. The number of hydrogen-bond acceptors (Lipinski definition) is 3. The number of aryl methyl sites for hydroxylation is 1. The molecule has 0 aliphatic rings. The molecule has 2 amide bonds. The van der Waals surface area contributed by atoms with Gasteiger partial charge in [-0.2, -0.15) is 0 Å². The highest BCUT2D eigenvalue weighted by Gasteiger charge is 2.29. The second-order valence-electron chi connectivity index (χ2n) is 9.12. The van der Waals surface area contributed by atoms with Crippen LogP contribution in [0.2, 0.25) is 0 Å². The second kappa shape index (κ2) is 13.7. The van der Waals surface area contributed by atoms with Crippen LogP contribution in [0.5, 0.6) is 5.75 Å². The molecule has 0 radical (unpaired) electrons. The number of amides is 2. The van der Waals surface area contributed by atoms with Crippen LogP contribution in [0.4, 0.5) is 19.3 Å². The van der Waals surface area contributed by atoms with E-state index in [0.717, 1.165) is 49.8 Å². The quantitative estimate of drug-likeness (QED) is 0.291. The van der Waals surface area contributed by atoms with Crippen LogP contribution in [-0.4, -0.2) is 40.7 Å². The average Bonchev–Trinajstić information content (AvgIpc) is 2.80. The number of aliphatic carboxylic acids is 1. The maximum absolute atomic E-state index is 14.0. The first kappa shape index (κ1) is 28.1. The molecule has 0 aliphatic heterocycles. The topological polar surface area (TPSA) is 78.9 Å². The SMILES string of the molecule is CCCCCCCN(CCCc1ccc(OC(C)(C)C(=O)O)cc1)C(=O)Nc1ccc(F)cc1F. The summed E-state index contributed by atoms with van der Waals surface area (Å²) < 4.78 is 32.7. The van der Waals surface area contributed by atoms with E-state index >= 15 is 0 Å². The van der Waals surface area contributed by atoms with Crippen molar-refractivity contribution in [2.24, 2.45) is 0 Å². The Bertz CT molecular complexity index is 964. The number of rotatable bonds is 14. The van der Waals surface area contributed by atoms with E-state index in [0.29, 0.717) is 31.7 Å². The summed E-state index contributed by atoms with van der Waals surface area (Å²) in [6, 6.07) is 9.87. The van der Waals surface area contributed by atoms with E-state index in [2.05, 4.69) is 12.2 Å². The van der Waals surface area contributed by atoms with Crippen LogP contribution in [0.1, 0.15) is 64.9 Å². The number of ether oxygens (including phenoxy) is 1. The van der Waals surface area contributed by atoms with E-state index in [-0.39, 0.29) is 5.69 Å². The Balaban J connectivity index is 1.94. The van der Waals surface area contributed by atoms with Gasteiger partial charge in [0.2, 0.25) is 0 Å². The standard InChI is InChI=1S/C27H36F2N2O4/c1-4-5-6-7-8-17-31(26(34)30-24-16-13-21(28)19-23(24)29)18-9-10-20-11-14-22(15-12-20)35-27(2,3)25(32)33/h11-16,19H,4-10,17-18H2,1-3H3,(H,30,34)(H,32,33). The van der Waals surface area contributed by atoms with Crippen LogP contribution >= 0.6 is 0 Å². The lowest BCUT2D eigenvalue weighted by atomic mass is 10.1. The normalized spacial score (nSPS) is 11.2. The van der Waals surface area contributed by atoms with Gasteiger partial charge >= 0.3 is 12.0 Å². The molecule has 0 saturated heterocycles. The Morgan fingerprint density at radius 2 is 1.63 bits per heavy atom. The number of carbonyl (C=O) groups is 2. The molecule has 0 saturated carbocycles. The minimum atomic E-state index is -1.32. The van der Waals surface area contributed by atoms with Gasteiger partial charge in [0.25, 0.3) is 0 Å². The van der Waals surface area contributed by atoms with Crippen molar-refractivity contribution in [2.75, 3.05) is 18.4 Å². The van der Waals surface area contributed by atoms with Gasteiger partial charge in [-0.25, -0.2) is 18.4 Å². The summed E-state index contributed by atoms with van der Waals surface area (Å²) in [5.74, 6) is -2.09. The van der Waals surface area contributed by atoms with Crippen LogP contribution in [-0.2, 0) is 11.2 Å². The van der Waals surface area contributed by atoms with Gasteiger partial charge in [0.15, 0.2) is 5.60 Å². The first-order valence-electron chi connectivity index (χ1n) is 12.1. The molecule has 0 atom stereocenters. The molecule has 0 heterocycles. The van der Waals surface area contributed by atoms with Gasteiger partial charge in [0.1, 0.15) is 17.4 Å². The van der Waals surface area contributed by atoms with Crippen LogP contribution in [0, 0.1) is 11.6 Å². The molecule has 0 aromatic heterocycles. The van der Waals surface area contributed by atoms with E-state index in [1.54, 1.807) is 17.0 Å². The third-order valence-electron chi connectivity index (χ3n) is 5.70. The first-order valence-corrected chi connectivity index (χ1v) is 12.1. The van der Waals surface area contributed by atoms with Crippen LogP contribution < -0.4 is 10.1 Å². The molecule has 2 N–H and O–H groups in total. The number of hydrogen-bond donors (Lipinski definition) is 2. The number of carbonyl (C=O) groups excluding carboxylic acids is 1. The monoisotopic (exact) mass is 490 g/mol. The second-order valence-corrected chi connectivity index (χ2v) is 9.12. The predicted molar refractivity (Wildman–Crippen MR) is 133 cm³/mol. The van der Waals surface area contributed by atoms with E-state index in [9.17, 15) is 23.5 Å². The van der Waals surface area contributed by atoms with Crippen molar-refractivity contribution in [3.05, 3.63) is 59.7 Å². The summed E-state index contributed by atoms with van der Waals surface area (Å²) in [5, 5.41) is 11.8. The highest BCUT2D eigenvalue weighted by molar-refractivity contribution is 5.89. The van der Waals surface area contributed by atoms with Gasteiger partial charge in [-0.3, -0.25) is 0 Å². The van der Waals surface area contributed by atoms with Gasteiger partial charge < -0.3 is 20.1 Å². The Kier molecular flexibility index (Phi) is 11.0. The largest absolute Gasteiger partial charge is 0.478 e. The zero-order valence-electron chi connectivity index (χ0n) is 20.8. The smallest absolute Gasteiger partial charge is 0.347 e. The van der Waals surface area contributed by atoms with Gasteiger partial charge in [0, 0.05) is 19.2 Å². The zero-order valence-corrected chi connectivity index (χ0v) is 20.8. The lowest BCUT2D eigenvalue weighted by Gasteiger charge is -2.23. The van der Waals surface area contributed by atoms with E-state index in [1.807, 2.05) is 12.1 Å². The Morgan fingerprint density at radius 3 is 2.26 bits per heavy atom. The third-order valence-corrected chi connectivity index (χ3v) is 5.70. The number of nitrogens with zero attached hydrogens (tertiary/aromatic N) is 1. The Morgan fingerprint density at radius 1 is 0.971 bits per heavy atom. The maximum Gasteiger partial charge on any atom is 0.347 e. The predicted octanol–water partition coefficient (Wildman–Crippen LogP) is 6.64. The number of carboxylic acids is 1.